The number of thiophene rings is 1. The van der Waals surface area contributed by atoms with Crippen molar-refractivity contribution in [3.05, 3.63) is 57.3 Å². The lowest BCUT2D eigenvalue weighted by Crippen LogP contribution is -2.35. The number of hydrogen-bond acceptors (Lipinski definition) is 4. The van der Waals surface area contributed by atoms with Crippen molar-refractivity contribution < 1.29 is 32.7 Å². The molecule has 26 heavy (non-hydrogen) atoms. The van der Waals surface area contributed by atoms with Crippen molar-refractivity contribution >= 4 is 40.9 Å². The molecule has 0 unspecified atom stereocenters. The van der Waals surface area contributed by atoms with Crippen LogP contribution in [0.4, 0.5) is 18.9 Å². The predicted octanol–water partition coefficient (Wildman–Crippen LogP) is 2.93. The molecule has 134 valence electrons. The zero-order valence-corrected chi connectivity index (χ0v) is 13.5. The zero-order valence-electron chi connectivity index (χ0n) is 12.7. The number of anilines is 1. The smallest absolute Gasteiger partial charge is 0.416 e. The summed E-state index contributed by atoms with van der Waals surface area (Å²) in [5, 5.41) is 11.2. The van der Waals surface area contributed by atoms with Gasteiger partial charge in [0.25, 0.3) is 11.8 Å². The molecule has 3 rings (SSSR count). The monoisotopic (exact) mass is 382 g/mol. The van der Waals surface area contributed by atoms with Crippen molar-refractivity contribution in [2.24, 2.45) is 0 Å². The van der Waals surface area contributed by atoms with E-state index in [0.29, 0.717) is 5.01 Å². The van der Waals surface area contributed by atoms with E-state index in [9.17, 15) is 27.6 Å². The topological polar surface area (TPSA) is 86.7 Å². The van der Waals surface area contributed by atoms with Crippen molar-refractivity contribution in [1.82, 2.24) is 5.43 Å². The van der Waals surface area contributed by atoms with Crippen molar-refractivity contribution in [3.63, 3.8) is 0 Å². The van der Waals surface area contributed by atoms with Crippen molar-refractivity contribution in [2.75, 3.05) is 5.01 Å². The summed E-state index contributed by atoms with van der Waals surface area (Å²) in [7, 11) is 0. The first-order chi connectivity index (χ1) is 12.2. The third-order valence-electron chi connectivity index (χ3n) is 3.52. The largest absolute Gasteiger partial charge is 0.478 e. The molecular formula is C16H9F3N2O4S. The Kier molecular flexibility index (Phi) is 4.28. The molecule has 10 heteroatoms. The minimum absolute atomic E-state index is 0.0828. The number of halogens is 3. The number of carbonyl (C=O) groups excluding carboxylic acids is 2. The average Bonchev–Trinajstić information content (AvgIpc) is 3.14. The number of rotatable bonds is 3. The van der Waals surface area contributed by atoms with Crippen LogP contribution in [0, 0.1) is 0 Å². The van der Waals surface area contributed by atoms with Crippen molar-refractivity contribution in [1.29, 1.82) is 0 Å². The lowest BCUT2D eigenvalue weighted by atomic mass is 10.1. The average molecular weight is 382 g/mol. The second-order valence-corrected chi connectivity index (χ2v) is 6.14. The first kappa shape index (κ1) is 17.7. The fourth-order valence-corrected chi connectivity index (χ4v) is 3.12. The Labute approximate surface area is 148 Å². The van der Waals surface area contributed by atoms with E-state index < -0.39 is 29.5 Å². The first-order valence-corrected chi connectivity index (χ1v) is 7.91. The molecule has 2 aromatic rings. The van der Waals surface area contributed by atoms with Gasteiger partial charge >= 0.3 is 12.1 Å². The molecule has 0 bridgehead atoms. The summed E-state index contributed by atoms with van der Waals surface area (Å²) in [5.74, 6) is -2.94. The minimum Gasteiger partial charge on any atom is -0.478 e. The maximum absolute atomic E-state index is 12.8. The van der Waals surface area contributed by atoms with E-state index in [1.54, 1.807) is 0 Å². The molecule has 2 N–H and O–H groups in total. The molecule has 1 aromatic heterocycles. The molecule has 1 fully saturated rings. The van der Waals surface area contributed by atoms with Gasteiger partial charge in [0.1, 0.15) is 5.57 Å². The highest BCUT2D eigenvalue weighted by molar-refractivity contribution is 7.11. The number of amides is 2. The lowest BCUT2D eigenvalue weighted by molar-refractivity contribution is -0.137. The Morgan fingerprint density at radius 2 is 1.96 bits per heavy atom. The highest BCUT2D eigenvalue weighted by Gasteiger charge is 2.37. The van der Waals surface area contributed by atoms with Crippen molar-refractivity contribution in [2.45, 2.75) is 6.18 Å². The Hall–Kier alpha value is -3.14. The summed E-state index contributed by atoms with van der Waals surface area (Å²) < 4.78 is 38.5. The van der Waals surface area contributed by atoms with Gasteiger partial charge in [-0.05, 0) is 35.7 Å². The van der Waals surface area contributed by atoms with Crippen molar-refractivity contribution in [3.8, 4) is 0 Å². The Bertz CT molecular complexity index is 949. The van der Waals surface area contributed by atoms with E-state index in [2.05, 4.69) is 5.43 Å². The summed E-state index contributed by atoms with van der Waals surface area (Å²) >= 11 is 1.01. The SMILES string of the molecule is O=C1NN(c2cccc(C(F)(F)F)c2)C(=O)C1=Cc1sccc1C(=O)O. The standard InChI is InChI=1S/C16H9F3N2O4S/c17-16(18,19)8-2-1-3-9(6-8)21-14(23)11(13(22)20-21)7-12-10(15(24)25)4-5-26-12/h1-7H,(H,20,22)(H,24,25). The van der Waals surface area contributed by atoms with E-state index in [1.165, 1.54) is 17.5 Å². The van der Waals surface area contributed by atoms with Crippen LogP contribution < -0.4 is 10.4 Å². The summed E-state index contributed by atoms with van der Waals surface area (Å²) in [5.41, 5.74) is 0.593. The van der Waals surface area contributed by atoms with Gasteiger partial charge in [-0.2, -0.15) is 13.2 Å². The van der Waals surface area contributed by atoms with Gasteiger partial charge in [-0.3, -0.25) is 15.0 Å². The molecule has 0 radical (unpaired) electrons. The Morgan fingerprint density at radius 3 is 2.62 bits per heavy atom. The Balaban J connectivity index is 1.96. The molecule has 6 nitrogen and oxygen atoms in total. The number of hydrogen-bond donors (Lipinski definition) is 2. The lowest BCUT2D eigenvalue weighted by Gasteiger charge is -2.16. The zero-order chi connectivity index (χ0) is 19.1. The molecule has 0 spiro atoms. The van der Waals surface area contributed by atoms with Crippen LogP contribution in [0.2, 0.25) is 0 Å². The molecule has 2 amide bonds. The van der Waals surface area contributed by atoms with Gasteiger partial charge in [0.2, 0.25) is 0 Å². The quantitative estimate of drug-likeness (QED) is 0.631. The maximum atomic E-state index is 12.8. The fraction of sp³-hybridized carbons (Fsp3) is 0.0625. The van der Waals surface area contributed by atoms with Crippen LogP contribution in [0.1, 0.15) is 20.8 Å². The summed E-state index contributed by atoms with van der Waals surface area (Å²) in [6.07, 6.45) is -3.49. The highest BCUT2D eigenvalue weighted by Crippen LogP contribution is 2.32. The molecule has 2 heterocycles. The number of alkyl halides is 3. The Morgan fingerprint density at radius 1 is 1.23 bits per heavy atom. The van der Waals surface area contributed by atoms with Gasteiger partial charge in [0.05, 0.1) is 16.8 Å². The van der Waals surface area contributed by atoms with E-state index in [-0.39, 0.29) is 21.7 Å². The summed E-state index contributed by atoms with van der Waals surface area (Å²) in [6, 6.07) is 5.24. The van der Waals surface area contributed by atoms with Gasteiger partial charge in [0.15, 0.2) is 0 Å². The van der Waals surface area contributed by atoms with E-state index in [4.69, 9.17) is 5.11 Å². The van der Waals surface area contributed by atoms with Crippen LogP contribution in [0.5, 0.6) is 0 Å². The number of benzene rings is 1. The maximum Gasteiger partial charge on any atom is 0.416 e. The minimum atomic E-state index is -4.60. The van der Waals surface area contributed by atoms with Gasteiger partial charge in [-0.1, -0.05) is 6.07 Å². The fourth-order valence-electron chi connectivity index (χ4n) is 2.30. The van der Waals surface area contributed by atoms with E-state index in [1.807, 2.05) is 0 Å². The number of nitrogens with zero attached hydrogens (tertiary/aromatic N) is 1. The number of carboxylic acid groups (broad SMARTS) is 1. The van der Waals surface area contributed by atoms with Gasteiger partial charge in [0, 0.05) is 4.88 Å². The number of carboxylic acids is 1. The van der Waals surface area contributed by atoms with Crippen LogP contribution in [-0.4, -0.2) is 22.9 Å². The summed E-state index contributed by atoms with van der Waals surface area (Å²) in [6.45, 7) is 0. The van der Waals surface area contributed by atoms with Gasteiger partial charge < -0.3 is 5.11 Å². The predicted molar refractivity (Wildman–Crippen MR) is 86.3 cm³/mol. The molecule has 0 saturated carbocycles. The number of nitrogens with one attached hydrogen (secondary N) is 1. The third-order valence-corrected chi connectivity index (χ3v) is 4.39. The number of carbonyl (C=O) groups is 3. The highest BCUT2D eigenvalue weighted by atomic mass is 32.1. The normalized spacial score (nSPS) is 16.3. The number of aromatic carboxylic acids is 1. The molecule has 1 aliphatic rings. The first-order valence-electron chi connectivity index (χ1n) is 7.03. The van der Waals surface area contributed by atoms with Crippen LogP contribution in [-0.2, 0) is 15.8 Å². The van der Waals surface area contributed by atoms with Crippen LogP contribution in [0.3, 0.4) is 0 Å². The molecule has 1 aliphatic heterocycles. The van der Waals surface area contributed by atoms with Gasteiger partial charge in [-0.15, -0.1) is 11.3 Å². The second-order valence-electron chi connectivity index (χ2n) is 5.19. The van der Waals surface area contributed by atoms with Crippen LogP contribution in [0.15, 0.2) is 41.3 Å². The van der Waals surface area contributed by atoms with Crippen LogP contribution in [0.25, 0.3) is 6.08 Å². The second kappa shape index (κ2) is 6.30. The molecule has 1 saturated heterocycles. The van der Waals surface area contributed by atoms with Crippen LogP contribution >= 0.6 is 11.3 Å². The molecular weight excluding hydrogens is 373 g/mol. The van der Waals surface area contributed by atoms with E-state index >= 15 is 0 Å². The van der Waals surface area contributed by atoms with Gasteiger partial charge in [-0.25, -0.2) is 9.80 Å². The molecule has 1 aromatic carbocycles. The third kappa shape index (κ3) is 3.18. The summed E-state index contributed by atoms with van der Waals surface area (Å²) in [4.78, 5) is 35.8. The molecule has 0 atom stereocenters. The molecule has 0 aliphatic carbocycles. The van der Waals surface area contributed by atoms with E-state index in [0.717, 1.165) is 35.6 Å². The number of hydrazine groups is 1.